The molecule has 1 aliphatic heterocycles. The second-order valence-electron chi connectivity index (χ2n) is 16.1. The number of oxime groups is 1. The summed E-state index contributed by atoms with van der Waals surface area (Å²) < 4.78 is 20.3. The zero-order chi connectivity index (χ0) is 43.6. The summed E-state index contributed by atoms with van der Waals surface area (Å²) in [6.07, 6.45) is 7.94. The molecule has 12 nitrogen and oxygen atoms in total. The normalized spacial score (nSPS) is 22.9. The Kier molecular flexibility index (Phi) is 14.4. The van der Waals surface area contributed by atoms with Gasteiger partial charge in [-0.3, -0.25) is 4.79 Å². The van der Waals surface area contributed by atoms with Gasteiger partial charge in [0.1, 0.15) is 24.7 Å². The summed E-state index contributed by atoms with van der Waals surface area (Å²) in [5.74, 6) is -1.77. The number of carbonyl (C=O) groups is 2. The van der Waals surface area contributed by atoms with E-state index in [1.165, 1.54) is 7.11 Å². The van der Waals surface area contributed by atoms with Crippen molar-refractivity contribution in [1.29, 1.82) is 5.26 Å². The van der Waals surface area contributed by atoms with E-state index < -0.39 is 23.8 Å². The van der Waals surface area contributed by atoms with Crippen LogP contribution in [0.15, 0.2) is 114 Å². The molecule has 0 bridgehead atoms. The first-order chi connectivity index (χ1) is 30.3. The summed E-state index contributed by atoms with van der Waals surface area (Å²) in [7, 11) is 1.52. The highest BCUT2D eigenvalue weighted by molar-refractivity contribution is 6.03. The minimum absolute atomic E-state index is 0.0219. The largest absolute Gasteiger partial charge is 0.459 e. The molecule has 0 spiro atoms. The number of nitriles is 1. The lowest BCUT2D eigenvalue weighted by atomic mass is 9.55. The number of aliphatic hydroxyl groups is 2. The van der Waals surface area contributed by atoms with Gasteiger partial charge in [0.2, 0.25) is 5.79 Å². The number of amides is 2. The van der Waals surface area contributed by atoms with Crippen LogP contribution in [0.3, 0.4) is 0 Å². The Morgan fingerprint density at radius 2 is 1.77 bits per heavy atom. The molecule has 62 heavy (non-hydrogen) atoms. The molecule has 1 fully saturated rings. The lowest BCUT2D eigenvalue weighted by Gasteiger charge is -2.60. The van der Waals surface area contributed by atoms with Crippen molar-refractivity contribution in [2.45, 2.75) is 76.2 Å². The average Bonchev–Trinajstić information content (AvgIpc) is 3.29. The smallest absolute Gasteiger partial charge is 0.412 e. The Bertz CT molecular complexity index is 2330. The Morgan fingerprint density at radius 1 is 1.02 bits per heavy atom. The topological polar surface area (TPSA) is 163 Å². The van der Waals surface area contributed by atoms with Crippen molar-refractivity contribution in [1.82, 2.24) is 10.2 Å². The number of ether oxygens (including phenoxy) is 3. The van der Waals surface area contributed by atoms with Gasteiger partial charge in [-0.2, -0.15) is 5.26 Å². The van der Waals surface area contributed by atoms with Crippen molar-refractivity contribution in [3.8, 4) is 17.6 Å². The summed E-state index contributed by atoms with van der Waals surface area (Å²) in [6, 6.07) is 27.6. The molecule has 6 atom stereocenters. The highest BCUT2D eigenvalue weighted by Crippen LogP contribution is 2.62. The molecule has 3 aliphatic rings. The number of carbonyl (C=O) groups excluding carboxylic acids is 2. The van der Waals surface area contributed by atoms with Gasteiger partial charge in [0.25, 0.3) is 5.91 Å². The Balaban J connectivity index is 1.49. The van der Waals surface area contributed by atoms with Crippen LogP contribution in [0.25, 0.3) is 10.8 Å². The maximum absolute atomic E-state index is 15.4. The highest BCUT2D eigenvalue weighted by atomic mass is 16.7. The van der Waals surface area contributed by atoms with E-state index in [0.717, 1.165) is 53.2 Å². The lowest BCUT2D eigenvalue weighted by Crippen LogP contribution is -2.70. The van der Waals surface area contributed by atoms with E-state index in [1.807, 2.05) is 60.4 Å². The second-order valence-corrected chi connectivity index (χ2v) is 16.1. The van der Waals surface area contributed by atoms with Crippen LogP contribution in [0.5, 0.6) is 11.5 Å². The molecule has 12 heteroatoms. The molecule has 7 rings (SSSR count). The number of nitrogens with zero attached hydrogens (tertiary/aromatic N) is 3. The fourth-order valence-corrected chi connectivity index (χ4v) is 9.90. The summed E-state index contributed by atoms with van der Waals surface area (Å²) in [6.45, 7) is 6.68. The molecule has 324 valence electrons. The molecule has 1 heterocycles. The van der Waals surface area contributed by atoms with Crippen LogP contribution >= 0.6 is 0 Å². The van der Waals surface area contributed by atoms with Crippen LogP contribution in [0.2, 0.25) is 0 Å². The van der Waals surface area contributed by atoms with Gasteiger partial charge >= 0.3 is 6.09 Å². The van der Waals surface area contributed by atoms with Crippen molar-refractivity contribution in [3.05, 3.63) is 131 Å². The number of unbranched alkanes of at least 4 members (excludes halogenated alkanes) is 2. The van der Waals surface area contributed by atoms with Crippen LogP contribution in [0.4, 0.5) is 4.79 Å². The minimum atomic E-state index is -1.51. The fourth-order valence-electron chi connectivity index (χ4n) is 9.90. The van der Waals surface area contributed by atoms with Crippen molar-refractivity contribution in [3.63, 3.8) is 0 Å². The molecule has 4 aromatic rings. The third-order valence-electron chi connectivity index (χ3n) is 12.5. The minimum Gasteiger partial charge on any atom is -0.459 e. The predicted octanol–water partition coefficient (Wildman–Crippen LogP) is 8.43. The number of nitrogens with one attached hydrogen (secondary N) is 1. The average molecular weight is 841 g/mol. The first kappa shape index (κ1) is 44.1. The van der Waals surface area contributed by atoms with E-state index in [2.05, 4.69) is 30.1 Å². The summed E-state index contributed by atoms with van der Waals surface area (Å²) in [4.78, 5) is 35.6. The first-order valence-corrected chi connectivity index (χ1v) is 21.7. The third kappa shape index (κ3) is 8.98. The van der Waals surface area contributed by atoms with Crippen LogP contribution in [0, 0.1) is 29.1 Å². The molecule has 4 aromatic carbocycles. The predicted molar refractivity (Wildman–Crippen MR) is 237 cm³/mol. The Hall–Kier alpha value is -6.00. The molecule has 2 amide bonds. The second kappa shape index (κ2) is 20.2. The van der Waals surface area contributed by atoms with Gasteiger partial charge in [-0.15, -0.1) is 6.58 Å². The maximum Gasteiger partial charge on any atom is 0.412 e. The molecule has 3 N–H and O–H groups in total. The van der Waals surface area contributed by atoms with E-state index >= 15 is 4.79 Å². The molecule has 0 saturated heterocycles. The number of allylic oxidation sites excluding steroid dienone is 1. The van der Waals surface area contributed by atoms with E-state index in [9.17, 15) is 20.3 Å². The fraction of sp³-hybridized carbons (Fsp3) is 0.400. The zero-order valence-electron chi connectivity index (χ0n) is 35.5. The van der Waals surface area contributed by atoms with Crippen molar-refractivity contribution < 1.29 is 38.9 Å². The third-order valence-corrected chi connectivity index (χ3v) is 12.5. The molecular weight excluding hydrogens is 785 g/mol. The standard InChI is InChI=1S/C50H56N4O8/c1-4-27-60-50-45(54(48(57)35-21-19-33(31-51)20-22-35)32-37-16-12-15-34-13-6-7-17-39(34)37)30-43(53-59-3)41-28-36(14-8-10-25-55)40(18-9-11-26-56)46(47(41)50)42-29-38(23-24-44(42)62-50)61-49(58)52-5-2/h4,6-7,12-13,15-17,19-24,28-29,36,40,45-47,55-56H,1,5,8-11,14,18,25-27,30,32H2,2-3H3,(H,52,58)/t36-,40+,45-,46+,47+,50+/m0/s1. The number of fused-ring (bicyclic) bond motifs is 3. The van der Waals surface area contributed by atoms with Crippen LogP contribution < -0.4 is 14.8 Å². The quantitative estimate of drug-likeness (QED) is 0.0507. The number of rotatable bonds is 18. The van der Waals surface area contributed by atoms with Crippen molar-refractivity contribution in [2.75, 3.05) is 33.5 Å². The molecule has 0 aromatic heterocycles. The van der Waals surface area contributed by atoms with E-state index in [1.54, 1.807) is 36.4 Å². The number of hydrogen-bond donors (Lipinski definition) is 3. The molecular formula is C50H56N4O8. The first-order valence-electron chi connectivity index (χ1n) is 21.7. The molecule has 0 radical (unpaired) electrons. The van der Waals surface area contributed by atoms with Crippen LogP contribution in [-0.2, 0) is 16.1 Å². The van der Waals surface area contributed by atoms with Gasteiger partial charge < -0.3 is 39.5 Å². The maximum atomic E-state index is 15.4. The summed E-state index contributed by atoms with van der Waals surface area (Å²) in [5.41, 5.74) is 4.13. The van der Waals surface area contributed by atoms with Gasteiger partial charge in [0.05, 0.1) is 29.9 Å². The van der Waals surface area contributed by atoms with Gasteiger partial charge in [0, 0.05) is 49.8 Å². The molecule has 1 saturated carbocycles. The van der Waals surface area contributed by atoms with Crippen LogP contribution in [-0.4, -0.2) is 78.1 Å². The monoisotopic (exact) mass is 840 g/mol. The van der Waals surface area contributed by atoms with Crippen molar-refractivity contribution in [2.24, 2.45) is 22.9 Å². The van der Waals surface area contributed by atoms with Gasteiger partial charge in [-0.25, -0.2) is 4.79 Å². The summed E-state index contributed by atoms with van der Waals surface area (Å²) in [5, 5.41) is 38.9. The summed E-state index contributed by atoms with van der Waals surface area (Å²) >= 11 is 0. The number of benzene rings is 4. The van der Waals surface area contributed by atoms with E-state index in [0.29, 0.717) is 47.7 Å². The van der Waals surface area contributed by atoms with Gasteiger partial charge in [-0.1, -0.05) is 72.6 Å². The van der Waals surface area contributed by atoms with Crippen LogP contribution in [0.1, 0.15) is 84.8 Å². The molecule has 0 unspecified atom stereocenters. The van der Waals surface area contributed by atoms with Gasteiger partial charge in [0.15, 0.2) is 0 Å². The number of aliphatic hydroxyl groups excluding tert-OH is 2. The lowest BCUT2D eigenvalue weighted by molar-refractivity contribution is -0.255. The van der Waals surface area contributed by atoms with Gasteiger partial charge in [-0.05, 0) is 109 Å². The Labute approximate surface area is 363 Å². The number of hydrogen-bond acceptors (Lipinski definition) is 10. The molecule has 2 aliphatic carbocycles. The highest BCUT2D eigenvalue weighted by Gasteiger charge is 2.65. The zero-order valence-corrected chi connectivity index (χ0v) is 35.5. The Morgan fingerprint density at radius 3 is 2.50 bits per heavy atom. The van der Waals surface area contributed by atoms with E-state index in [-0.39, 0.29) is 56.4 Å². The SMILES string of the molecule is C=CCO[C@@]12Oc3ccc(OC(=O)NCC)cc3[C@H]3[C@H](CCCCO)[C@@H](CCCCO)C=C(C(=NOC)C[C@@H]1N(Cc1cccc4ccccc14)C(=O)c1ccc(C#N)cc1)[C@H]32. The van der Waals surface area contributed by atoms with Crippen molar-refractivity contribution >= 4 is 28.5 Å². The van der Waals surface area contributed by atoms with E-state index in [4.69, 9.17) is 24.2 Å².